The molecular weight excluding hydrogens is 897 g/mol. The van der Waals surface area contributed by atoms with E-state index in [1.54, 1.807) is 0 Å². The van der Waals surface area contributed by atoms with Gasteiger partial charge in [0.05, 0.1) is 38.6 Å². The lowest BCUT2D eigenvalue weighted by atomic mass is 9.38. The van der Waals surface area contributed by atoms with Crippen LogP contribution in [0.5, 0.6) is 0 Å². The van der Waals surface area contributed by atoms with Crippen molar-refractivity contribution < 1.29 is 99.6 Å². The standard InChI is InChI=1S/C48H80O20/c1-21(8-12-29(51)47(6,62)20-64-42-39(60)37(58)34(55)27(67-42)19-63-41-38(59)35(56)32(53)25(17-49)65-41)22-14-15-45(4)28-11-9-23-24(48(28,7)30(52)16-46(22,45)5)10-13-31(44(23,2)3)68-43-40(61)36(57)33(54)26(18-50)66-43/h9,21-22,24-29,31-43,49-51,53-62H,8,10-20H2,1-7H3/t21-,22-,24-,25-,26-,27-,28+,29?,31+,32-,33-,34-,35+,36+,37+,38-,39-,40-,41-,42-,43+,45+,46-,47?,48+/m1/s1. The van der Waals surface area contributed by atoms with E-state index in [0.29, 0.717) is 32.1 Å². The number of carbonyl (C=O) groups is 1. The Morgan fingerprint density at radius 2 is 1.24 bits per heavy atom. The number of allylic oxidation sites excluding steroid dienone is 1. The summed E-state index contributed by atoms with van der Waals surface area (Å²) in [6.45, 7) is 12.0. The molecule has 20 nitrogen and oxygen atoms in total. The highest BCUT2D eigenvalue weighted by molar-refractivity contribution is 5.88. The average Bonchev–Trinajstić information content (AvgIpc) is 3.56. The summed E-state index contributed by atoms with van der Waals surface area (Å²) in [6, 6.07) is 0. The number of ether oxygens (including phenoxy) is 6. The Morgan fingerprint density at radius 3 is 1.82 bits per heavy atom. The molecule has 7 aliphatic rings. The first-order valence-corrected chi connectivity index (χ1v) is 24.5. The third-order valence-corrected chi connectivity index (χ3v) is 18.6. The predicted molar refractivity (Wildman–Crippen MR) is 235 cm³/mol. The van der Waals surface area contributed by atoms with Crippen molar-refractivity contribution in [3.63, 3.8) is 0 Å². The second-order valence-electron chi connectivity index (χ2n) is 22.8. The molecule has 0 aromatic carbocycles. The van der Waals surface area contributed by atoms with Gasteiger partial charge in [-0.3, -0.25) is 4.79 Å². The highest BCUT2D eigenvalue weighted by Gasteiger charge is 2.70. The zero-order valence-corrected chi connectivity index (χ0v) is 40.4. The fraction of sp³-hybridized carbons (Fsp3) is 0.938. The van der Waals surface area contributed by atoms with Gasteiger partial charge in [-0.25, -0.2) is 0 Å². The molecule has 0 aromatic rings. The second-order valence-corrected chi connectivity index (χ2v) is 22.8. The number of ketones is 1. The minimum Gasteiger partial charge on any atom is -0.394 e. The van der Waals surface area contributed by atoms with Crippen molar-refractivity contribution >= 4 is 5.78 Å². The maximum Gasteiger partial charge on any atom is 0.187 e. The Kier molecular flexibility index (Phi) is 16.1. The number of hydrogen-bond donors (Lipinski definition) is 13. The van der Waals surface area contributed by atoms with E-state index in [0.717, 1.165) is 18.4 Å². The molecule has 68 heavy (non-hydrogen) atoms. The lowest BCUT2D eigenvalue weighted by Gasteiger charge is -2.65. The SMILES string of the molecule is C[C@H](CCC(O)C(C)(O)CO[C@@H]1O[C@H](CO[C@@H]2O[C@H](CO)[C@@H](O)[C@H](O)[C@H]2O)[C@@H](O)[C@H](O)[C@H]1O)[C@H]1CC[C@@]2(C)[C@@H]3CC=C4[C@@H](CC[C@H](O[C@@H]5O[C@H](CO)[C@@H](O)[C@H](O)[C@H]5O)C4(C)C)[C@]3(C)C(=O)C[C@]12C. The number of Topliss-reactive ketones (excluding diaryl/α,β-unsaturated/α-hetero) is 1. The summed E-state index contributed by atoms with van der Waals surface area (Å²) in [4.78, 5) is 14.9. The second kappa shape index (κ2) is 20.2. The van der Waals surface area contributed by atoms with E-state index in [2.05, 4.69) is 47.6 Å². The van der Waals surface area contributed by atoms with Gasteiger partial charge in [0.1, 0.15) is 84.6 Å². The third kappa shape index (κ3) is 9.21. The van der Waals surface area contributed by atoms with Crippen LogP contribution in [0.1, 0.15) is 99.8 Å². The first kappa shape index (κ1) is 54.4. The van der Waals surface area contributed by atoms with E-state index in [1.165, 1.54) is 6.92 Å². The molecule has 7 rings (SSSR count). The number of carbonyl (C=O) groups excluding carboxylic acids is 1. The number of aliphatic hydroxyl groups excluding tert-OH is 12. The zero-order valence-electron chi connectivity index (χ0n) is 40.4. The molecule has 2 unspecified atom stereocenters. The van der Waals surface area contributed by atoms with Crippen LogP contribution < -0.4 is 0 Å². The molecule has 25 atom stereocenters. The van der Waals surface area contributed by atoms with Crippen molar-refractivity contribution in [2.45, 2.75) is 210 Å². The lowest BCUT2D eigenvalue weighted by molar-refractivity contribution is -0.335. The van der Waals surface area contributed by atoms with Crippen LogP contribution in [0.25, 0.3) is 0 Å². The van der Waals surface area contributed by atoms with Crippen LogP contribution in [-0.2, 0) is 33.2 Å². The van der Waals surface area contributed by atoms with E-state index in [-0.39, 0.29) is 46.7 Å². The number of rotatable bonds is 15. The molecule has 0 spiro atoms. The molecule has 0 radical (unpaired) electrons. The molecule has 0 aromatic heterocycles. The summed E-state index contributed by atoms with van der Waals surface area (Å²) < 4.78 is 34.3. The van der Waals surface area contributed by atoms with Crippen LogP contribution in [0.4, 0.5) is 0 Å². The summed E-state index contributed by atoms with van der Waals surface area (Å²) >= 11 is 0. The summed E-state index contributed by atoms with van der Waals surface area (Å²) in [6.07, 6.45) is -17.7. The van der Waals surface area contributed by atoms with Gasteiger partial charge in [-0.05, 0) is 86.4 Å². The minimum atomic E-state index is -1.86. The van der Waals surface area contributed by atoms with Crippen LogP contribution in [0, 0.1) is 45.3 Å². The Labute approximate surface area is 397 Å². The summed E-state index contributed by atoms with van der Waals surface area (Å²) in [5.74, 6) is 0.442. The molecule has 20 heteroatoms. The molecule has 3 heterocycles. The van der Waals surface area contributed by atoms with Crippen LogP contribution in [0.2, 0.25) is 0 Å². The maximum absolute atomic E-state index is 14.9. The van der Waals surface area contributed by atoms with Crippen LogP contribution in [0.15, 0.2) is 11.6 Å². The number of aliphatic hydroxyl groups is 13. The monoisotopic (exact) mass is 977 g/mol. The molecule has 3 saturated heterocycles. The Hall–Kier alpha value is -1.35. The van der Waals surface area contributed by atoms with Crippen molar-refractivity contribution in [3.05, 3.63) is 11.6 Å². The lowest BCUT2D eigenvalue weighted by Crippen LogP contribution is -2.64. The molecule has 4 aliphatic carbocycles. The van der Waals surface area contributed by atoms with Gasteiger partial charge >= 0.3 is 0 Å². The largest absolute Gasteiger partial charge is 0.394 e. The minimum absolute atomic E-state index is 0.0416. The van der Waals surface area contributed by atoms with Crippen LogP contribution >= 0.6 is 0 Å². The van der Waals surface area contributed by atoms with Crippen LogP contribution in [0.3, 0.4) is 0 Å². The van der Waals surface area contributed by atoms with Gasteiger partial charge in [0, 0.05) is 17.3 Å². The molecule has 392 valence electrons. The maximum atomic E-state index is 14.9. The Bertz CT molecular complexity index is 1780. The number of hydrogen-bond acceptors (Lipinski definition) is 20. The molecule has 13 N–H and O–H groups in total. The summed E-state index contributed by atoms with van der Waals surface area (Å²) in [5.41, 5.74) is -2.48. The van der Waals surface area contributed by atoms with Crippen molar-refractivity contribution in [2.75, 3.05) is 26.4 Å². The van der Waals surface area contributed by atoms with E-state index < -0.39 is 147 Å². The predicted octanol–water partition coefficient (Wildman–Crippen LogP) is -1.88. The molecule has 0 amide bonds. The van der Waals surface area contributed by atoms with Gasteiger partial charge in [-0.2, -0.15) is 0 Å². The zero-order chi connectivity index (χ0) is 50.2. The van der Waals surface area contributed by atoms with E-state index in [1.807, 2.05) is 0 Å². The first-order valence-electron chi connectivity index (χ1n) is 24.5. The van der Waals surface area contributed by atoms with Gasteiger partial charge in [0.15, 0.2) is 18.9 Å². The van der Waals surface area contributed by atoms with E-state index >= 15 is 0 Å². The fourth-order valence-corrected chi connectivity index (χ4v) is 13.8. The van der Waals surface area contributed by atoms with Crippen molar-refractivity contribution in [1.29, 1.82) is 0 Å². The first-order chi connectivity index (χ1) is 31.7. The highest BCUT2D eigenvalue weighted by atomic mass is 16.7. The van der Waals surface area contributed by atoms with Gasteiger partial charge in [0.2, 0.25) is 0 Å². The van der Waals surface area contributed by atoms with Crippen LogP contribution in [-0.4, -0.2) is 209 Å². The molecule has 3 aliphatic heterocycles. The van der Waals surface area contributed by atoms with E-state index in [4.69, 9.17) is 28.4 Å². The van der Waals surface area contributed by atoms with Crippen molar-refractivity contribution in [2.24, 2.45) is 45.3 Å². The third-order valence-electron chi connectivity index (χ3n) is 18.6. The topological polar surface area (TPSA) is 335 Å². The van der Waals surface area contributed by atoms with E-state index in [9.17, 15) is 71.2 Å². The molecular formula is C48H80O20. The van der Waals surface area contributed by atoms with Crippen molar-refractivity contribution in [3.8, 4) is 0 Å². The number of fused-ring (bicyclic) bond motifs is 5. The molecule has 3 saturated carbocycles. The summed E-state index contributed by atoms with van der Waals surface area (Å²) in [5, 5.41) is 136. The van der Waals surface area contributed by atoms with Crippen molar-refractivity contribution in [1.82, 2.24) is 0 Å². The van der Waals surface area contributed by atoms with Gasteiger partial charge < -0.3 is 94.8 Å². The fourth-order valence-electron chi connectivity index (χ4n) is 13.8. The van der Waals surface area contributed by atoms with Gasteiger partial charge in [0.25, 0.3) is 0 Å². The molecule has 0 bridgehead atoms. The summed E-state index contributed by atoms with van der Waals surface area (Å²) in [7, 11) is 0. The smallest absolute Gasteiger partial charge is 0.187 e. The average molecular weight is 977 g/mol. The highest BCUT2D eigenvalue weighted by Crippen LogP contribution is 2.74. The van der Waals surface area contributed by atoms with Gasteiger partial charge in [-0.1, -0.05) is 53.2 Å². The normalized spacial score (nSPS) is 50.0. The van der Waals surface area contributed by atoms with Gasteiger partial charge in [-0.15, -0.1) is 0 Å². The Morgan fingerprint density at radius 1 is 0.706 bits per heavy atom. The quantitative estimate of drug-likeness (QED) is 0.0799. The Balaban J connectivity index is 0.956. The molecule has 6 fully saturated rings.